The molecule has 15 heavy (non-hydrogen) atoms. The second-order valence-electron chi connectivity index (χ2n) is 4.67. The number of halogens is 1. The zero-order chi connectivity index (χ0) is 11.0. The maximum atomic E-state index is 6.30. The molecular formula is C13H18ClN. The van der Waals surface area contributed by atoms with Crippen molar-refractivity contribution in [3.63, 3.8) is 0 Å². The van der Waals surface area contributed by atoms with Gasteiger partial charge in [0, 0.05) is 11.1 Å². The molecule has 1 aliphatic rings. The number of rotatable bonds is 2. The average molecular weight is 224 g/mol. The van der Waals surface area contributed by atoms with E-state index >= 15 is 0 Å². The van der Waals surface area contributed by atoms with E-state index in [2.05, 4.69) is 25.2 Å². The Morgan fingerprint density at radius 2 is 2.13 bits per heavy atom. The Morgan fingerprint density at radius 3 is 2.73 bits per heavy atom. The molecule has 0 aromatic heterocycles. The highest BCUT2D eigenvalue weighted by Gasteiger charge is 2.33. The lowest BCUT2D eigenvalue weighted by molar-refractivity contribution is 0.445. The lowest BCUT2D eigenvalue weighted by Crippen LogP contribution is -2.13. The molecule has 1 nitrogen and oxygen atoms in total. The summed E-state index contributed by atoms with van der Waals surface area (Å²) in [5, 5.41) is 4.31. The van der Waals surface area contributed by atoms with Crippen LogP contribution in [0.25, 0.3) is 0 Å². The molecule has 0 amide bonds. The van der Waals surface area contributed by atoms with E-state index in [1.54, 1.807) is 0 Å². The van der Waals surface area contributed by atoms with Crippen molar-refractivity contribution in [2.75, 3.05) is 7.05 Å². The summed E-state index contributed by atoms with van der Waals surface area (Å²) in [6.07, 6.45) is 1.17. The van der Waals surface area contributed by atoms with Crippen molar-refractivity contribution < 1.29 is 0 Å². The Balaban J connectivity index is 2.48. The van der Waals surface area contributed by atoms with E-state index in [1.807, 2.05) is 19.2 Å². The fourth-order valence-electron chi connectivity index (χ4n) is 2.63. The maximum absolute atomic E-state index is 6.30. The SMILES string of the molecule is CNC1CC(C(C)C)c2c(Cl)cccc21. The second-order valence-corrected chi connectivity index (χ2v) is 5.08. The van der Waals surface area contributed by atoms with Crippen molar-refractivity contribution >= 4 is 11.6 Å². The van der Waals surface area contributed by atoms with Crippen LogP contribution < -0.4 is 5.32 Å². The first-order chi connectivity index (χ1) is 7.15. The van der Waals surface area contributed by atoms with Crippen molar-refractivity contribution in [1.82, 2.24) is 5.32 Å². The number of fused-ring (bicyclic) bond motifs is 1. The predicted molar refractivity (Wildman–Crippen MR) is 65.4 cm³/mol. The van der Waals surface area contributed by atoms with Gasteiger partial charge in [-0.3, -0.25) is 0 Å². The minimum Gasteiger partial charge on any atom is -0.313 e. The van der Waals surface area contributed by atoms with Crippen LogP contribution in [-0.2, 0) is 0 Å². The van der Waals surface area contributed by atoms with Gasteiger partial charge in [0.15, 0.2) is 0 Å². The largest absolute Gasteiger partial charge is 0.313 e. The van der Waals surface area contributed by atoms with E-state index in [0.29, 0.717) is 17.9 Å². The third-order valence-corrected chi connectivity index (χ3v) is 3.81. The summed E-state index contributed by atoms with van der Waals surface area (Å²) >= 11 is 6.30. The number of nitrogens with one attached hydrogen (secondary N) is 1. The Morgan fingerprint density at radius 1 is 1.40 bits per heavy atom. The molecule has 1 aromatic rings. The van der Waals surface area contributed by atoms with Gasteiger partial charge in [0.2, 0.25) is 0 Å². The van der Waals surface area contributed by atoms with Gasteiger partial charge in [-0.25, -0.2) is 0 Å². The Labute approximate surface area is 96.8 Å². The molecule has 2 rings (SSSR count). The molecule has 0 saturated carbocycles. The van der Waals surface area contributed by atoms with Gasteiger partial charge >= 0.3 is 0 Å². The highest BCUT2D eigenvalue weighted by atomic mass is 35.5. The third kappa shape index (κ3) is 1.79. The van der Waals surface area contributed by atoms with Crippen molar-refractivity contribution in [3.8, 4) is 0 Å². The van der Waals surface area contributed by atoms with Gasteiger partial charge in [-0.15, -0.1) is 0 Å². The van der Waals surface area contributed by atoms with Crippen LogP contribution in [0.1, 0.15) is 43.4 Å². The van der Waals surface area contributed by atoms with Crippen LogP contribution in [0, 0.1) is 5.92 Å². The van der Waals surface area contributed by atoms with Gasteiger partial charge in [0.1, 0.15) is 0 Å². The normalized spacial score (nSPS) is 24.6. The first-order valence-corrected chi connectivity index (χ1v) is 5.98. The van der Waals surface area contributed by atoms with Crippen molar-refractivity contribution in [1.29, 1.82) is 0 Å². The van der Waals surface area contributed by atoms with Crippen LogP contribution in [0.2, 0.25) is 5.02 Å². The van der Waals surface area contributed by atoms with Crippen LogP contribution >= 0.6 is 11.6 Å². The van der Waals surface area contributed by atoms with E-state index in [4.69, 9.17) is 11.6 Å². The summed E-state index contributed by atoms with van der Waals surface area (Å²) in [6, 6.07) is 6.73. The van der Waals surface area contributed by atoms with E-state index in [9.17, 15) is 0 Å². The molecule has 1 aromatic carbocycles. The monoisotopic (exact) mass is 223 g/mol. The number of hydrogen-bond acceptors (Lipinski definition) is 1. The molecule has 0 fully saturated rings. The van der Waals surface area contributed by atoms with E-state index in [-0.39, 0.29) is 0 Å². The molecule has 1 aliphatic carbocycles. The van der Waals surface area contributed by atoms with Gasteiger partial charge < -0.3 is 5.32 Å². The molecule has 0 radical (unpaired) electrons. The number of benzene rings is 1. The molecule has 82 valence electrons. The first kappa shape index (κ1) is 11.0. The summed E-state index contributed by atoms with van der Waals surface area (Å²) in [5.41, 5.74) is 2.76. The van der Waals surface area contributed by atoms with E-state index < -0.39 is 0 Å². The summed E-state index contributed by atoms with van der Waals surface area (Å²) in [6.45, 7) is 4.55. The van der Waals surface area contributed by atoms with Crippen LogP contribution in [0.5, 0.6) is 0 Å². The second kappa shape index (κ2) is 4.15. The van der Waals surface area contributed by atoms with E-state index in [0.717, 1.165) is 5.02 Å². The molecule has 2 atom stereocenters. The zero-order valence-corrected chi connectivity index (χ0v) is 10.3. The minimum atomic E-state index is 0.478. The molecule has 1 N–H and O–H groups in total. The average Bonchev–Trinajstić information content (AvgIpc) is 2.58. The topological polar surface area (TPSA) is 12.0 Å². The molecule has 0 bridgehead atoms. The van der Waals surface area contributed by atoms with Crippen molar-refractivity contribution in [2.24, 2.45) is 5.92 Å². The fourth-order valence-corrected chi connectivity index (χ4v) is 2.95. The molecule has 2 heteroatoms. The molecule has 0 saturated heterocycles. The lowest BCUT2D eigenvalue weighted by atomic mass is 9.90. The molecule has 2 unspecified atom stereocenters. The molecule has 0 aliphatic heterocycles. The van der Waals surface area contributed by atoms with E-state index in [1.165, 1.54) is 17.5 Å². The van der Waals surface area contributed by atoms with Gasteiger partial charge in [-0.1, -0.05) is 37.6 Å². The zero-order valence-electron chi connectivity index (χ0n) is 9.55. The standard InChI is InChI=1S/C13H18ClN/c1-8(2)10-7-12(15-3)9-5-4-6-11(14)13(9)10/h4-6,8,10,12,15H,7H2,1-3H3. The summed E-state index contributed by atoms with van der Waals surface area (Å²) in [5.74, 6) is 1.26. The molecular weight excluding hydrogens is 206 g/mol. The molecule has 0 spiro atoms. The van der Waals surface area contributed by atoms with Gasteiger partial charge in [-0.2, -0.15) is 0 Å². The highest BCUT2D eigenvalue weighted by Crippen LogP contribution is 2.46. The van der Waals surface area contributed by atoms with Gasteiger partial charge in [-0.05, 0) is 42.5 Å². The third-order valence-electron chi connectivity index (χ3n) is 3.48. The molecule has 0 heterocycles. The van der Waals surface area contributed by atoms with Gasteiger partial charge in [0.25, 0.3) is 0 Å². The number of hydrogen-bond donors (Lipinski definition) is 1. The Bertz CT molecular complexity index is 360. The van der Waals surface area contributed by atoms with Crippen LogP contribution in [0.15, 0.2) is 18.2 Å². The highest BCUT2D eigenvalue weighted by molar-refractivity contribution is 6.31. The van der Waals surface area contributed by atoms with Gasteiger partial charge in [0.05, 0.1) is 0 Å². The Hall–Kier alpha value is -0.530. The first-order valence-electron chi connectivity index (χ1n) is 5.60. The summed E-state index contributed by atoms with van der Waals surface area (Å²) in [7, 11) is 2.03. The van der Waals surface area contributed by atoms with Crippen molar-refractivity contribution in [2.45, 2.75) is 32.2 Å². The fraction of sp³-hybridized carbons (Fsp3) is 0.538. The quantitative estimate of drug-likeness (QED) is 0.806. The van der Waals surface area contributed by atoms with Crippen LogP contribution in [0.3, 0.4) is 0 Å². The maximum Gasteiger partial charge on any atom is 0.0444 e. The smallest absolute Gasteiger partial charge is 0.0444 e. The van der Waals surface area contributed by atoms with Crippen molar-refractivity contribution in [3.05, 3.63) is 34.3 Å². The van der Waals surface area contributed by atoms with Crippen LogP contribution in [0.4, 0.5) is 0 Å². The summed E-state index contributed by atoms with van der Waals surface area (Å²) in [4.78, 5) is 0. The predicted octanol–water partition coefficient (Wildman–Crippen LogP) is 3.74. The van der Waals surface area contributed by atoms with Crippen LogP contribution in [-0.4, -0.2) is 7.05 Å². The minimum absolute atomic E-state index is 0.478. The Kier molecular flexibility index (Phi) is 3.03. The summed E-state index contributed by atoms with van der Waals surface area (Å²) < 4.78 is 0. The lowest BCUT2D eigenvalue weighted by Gasteiger charge is -2.16.